The van der Waals surface area contributed by atoms with Crippen molar-refractivity contribution in [2.75, 3.05) is 13.7 Å². The summed E-state index contributed by atoms with van der Waals surface area (Å²) in [6.45, 7) is 2.05. The smallest absolute Gasteiger partial charge is 0.308 e. The number of carboxylic acid groups (broad SMARTS) is 1. The summed E-state index contributed by atoms with van der Waals surface area (Å²) in [5, 5.41) is 13.1. The first-order valence-corrected chi connectivity index (χ1v) is 6.00. The second-order valence-electron chi connectivity index (χ2n) is 3.66. The summed E-state index contributed by atoms with van der Waals surface area (Å²) in [5.74, 6) is -1.77. The number of carbonyl (C=O) groups is 2. The summed E-state index contributed by atoms with van der Waals surface area (Å²) in [4.78, 5) is 23.0. The number of hydrogen-bond acceptors (Lipinski definition) is 4. The number of hydrogen-bond donors (Lipinski definition) is 2. The van der Waals surface area contributed by atoms with Crippen molar-refractivity contribution >= 4 is 23.2 Å². The molecule has 0 spiro atoms. The van der Waals surface area contributed by atoms with Gasteiger partial charge in [-0.25, -0.2) is 0 Å². The van der Waals surface area contributed by atoms with E-state index in [9.17, 15) is 9.59 Å². The molecule has 1 aromatic rings. The third-order valence-corrected chi connectivity index (χ3v) is 3.20. The van der Waals surface area contributed by atoms with Gasteiger partial charge >= 0.3 is 5.97 Å². The van der Waals surface area contributed by atoms with Crippen LogP contribution in [0.3, 0.4) is 0 Å². The molecule has 0 aromatic carbocycles. The molecule has 1 rings (SSSR count). The van der Waals surface area contributed by atoms with Crippen LogP contribution in [-0.4, -0.2) is 30.6 Å². The molecule has 1 aromatic heterocycles. The fourth-order valence-electron chi connectivity index (χ4n) is 1.22. The van der Waals surface area contributed by atoms with Crippen molar-refractivity contribution in [3.8, 4) is 0 Å². The Bertz CT molecular complexity index is 402. The minimum atomic E-state index is -0.923. The van der Waals surface area contributed by atoms with E-state index in [0.717, 1.165) is 5.56 Å². The van der Waals surface area contributed by atoms with Gasteiger partial charge in [0.15, 0.2) is 0 Å². The van der Waals surface area contributed by atoms with E-state index >= 15 is 0 Å². The maximum absolute atomic E-state index is 11.8. The highest BCUT2D eigenvalue weighted by atomic mass is 32.1. The molecule has 0 fully saturated rings. The number of carboxylic acids is 1. The number of rotatable bonds is 6. The molecular formula is C11H15NO4S. The van der Waals surface area contributed by atoms with E-state index in [1.807, 2.05) is 11.4 Å². The molecule has 0 aliphatic rings. The number of amides is 1. The highest BCUT2D eigenvalue weighted by Crippen LogP contribution is 2.17. The lowest BCUT2D eigenvalue weighted by Gasteiger charge is -2.08. The van der Waals surface area contributed by atoms with E-state index in [1.165, 1.54) is 11.3 Å². The van der Waals surface area contributed by atoms with Gasteiger partial charge in [0.1, 0.15) is 0 Å². The highest BCUT2D eigenvalue weighted by molar-refractivity contribution is 7.12. The molecule has 1 heterocycles. The Labute approximate surface area is 103 Å². The standard InChI is InChI=1S/C11H15NO4S/c1-7(11(14)15)5-12-10(13)9-8(6-16-2)3-4-17-9/h3-4,7H,5-6H2,1-2H3,(H,12,13)(H,14,15). The van der Waals surface area contributed by atoms with Crippen LogP contribution in [0.5, 0.6) is 0 Å². The van der Waals surface area contributed by atoms with Gasteiger partial charge in [0.2, 0.25) is 0 Å². The molecule has 94 valence electrons. The maximum atomic E-state index is 11.8. The van der Waals surface area contributed by atoms with Crippen LogP contribution in [0.4, 0.5) is 0 Å². The van der Waals surface area contributed by atoms with Gasteiger partial charge in [0.05, 0.1) is 17.4 Å². The first-order valence-electron chi connectivity index (χ1n) is 5.12. The molecule has 0 saturated carbocycles. The van der Waals surface area contributed by atoms with E-state index in [-0.39, 0.29) is 12.5 Å². The highest BCUT2D eigenvalue weighted by Gasteiger charge is 2.16. The van der Waals surface area contributed by atoms with E-state index in [1.54, 1.807) is 14.0 Å². The summed E-state index contributed by atoms with van der Waals surface area (Å²) in [5.41, 5.74) is 0.818. The largest absolute Gasteiger partial charge is 0.481 e. The first-order chi connectivity index (χ1) is 8.06. The predicted molar refractivity (Wildman–Crippen MR) is 64.2 cm³/mol. The normalized spacial score (nSPS) is 12.1. The molecule has 0 radical (unpaired) electrons. The van der Waals surface area contributed by atoms with Crippen LogP contribution in [0.2, 0.25) is 0 Å². The third kappa shape index (κ3) is 3.83. The Morgan fingerprint density at radius 2 is 2.29 bits per heavy atom. The second kappa shape index (κ2) is 6.36. The number of methoxy groups -OCH3 is 1. The average molecular weight is 257 g/mol. The van der Waals surface area contributed by atoms with Crippen molar-refractivity contribution in [3.05, 3.63) is 21.9 Å². The van der Waals surface area contributed by atoms with Crippen LogP contribution in [-0.2, 0) is 16.1 Å². The Morgan fingerprint density at radius 3 is 2.88 bits per heavy atom. The Hall–Kier alpha value is -1.40. The zero-order valence-corrected chi connectivity index (χ0v) is 10.5. The van der Waals surface area contributed by atoms with Gasteiger partial charge in [-0.3, -0.25) is 9.59 Å². The summed E-state index contributed by atoms with van der Waals surface area (Å²) in [6, 6.07) is 1.82. The van der Waals surface area contributed by atoms with E-state index in [0.29, 0.717) is 11.5 Å². The predicted octanol–water partition coefficient (Wildman–Crippen LogP) is 1.34. The van der Waals surface area contributed by atoms with Gasteiger partial charge in [0, 0.05) is 19.2 Å². The lowest BCUT2D eigenvalue weighted by molar-refractivity contribution is -0.140. The Kier molecular flexibility index (Phi) is 5.11. The van der Waals surface area contributed by atoms with E-state index in [4.69, 9.17) is 9.84 Å². The van der Waals surface area contributed by atoms with E-state index < -0.39 is 11.9 Å². The molecular weight excluding hydrogens is 242 g/mol. The number of aliphatic carboxylic acids is 1. The zero-order chi connectivity index (χ0) is 12.8. The van der Waals surface area contributed by atoms with Crippen LogP contribution in [0.1, 0.15) is 22.2 Å². The van der Waals surface area contributed by atoms with Crippen molar-refractivity contribution in [1.82, 2.24) is 5.32 Å². The van der Waals surface area contributed by atoms with Gasteiger partial charge in [-0.2, -0.15) is 0 Å². The van der Waals surface area contributed by atoms with Crippen molar-refractivity contribution < 1.29 is 19.4 Å². The van der Waals surface area contributed by atoms with Crippen LogP contribution < -0.4 is 5.32 Å². The van der Waals surface area contributed by atoms with Gasteiger partial charge in [-0.05, 0) is 11.4 Å². The molecule has 0 bridgehead atoms. The van der Waals surface area contributed by atoms with Crippen LogP contribution in [0.15, 0.2) is 11.4 Å². The molecule has 5 nitrogen and oxygen atoms in total. The van der Waals surface area contributed by atoms with Crippen LogP contribution in [0.25, 0.3) is 0 Å². The third-order valence-electron chi connectivity index (χ3n) is 2.24. The lowest BCUT2D eigenvalue weighted by atomic mass is 10.2. The van der Waals surface area contributed by atoms with E-state index in [2.05, 4.69) is 5.32 Å². The Morgan fingerprint density at radius 1 is 1.59 bits per heavy atom. The SMILES string of the molecule is COCc1ccsc1C(=O)NCC(C)C(=O)O. The molecule has 0 saturated heterocycles. The maximum Gasteiger partial charge on any atom is 0.308 e. The van der Waals surface area contributed by atoms with Gasteiger partial charge in [-0.1, -0.05) is 6.92 Å². The molecule has 1 amide bonds. The summed E-state index contributed by atoms with van der Waals surface area (Å²) >= 11 is 1.32. The molecule has 6 heteroatoms. The summed E-state index contributed by atoms with van der Waals surface area (Å²) in [6.07, 6.45) is 0. The number of ether oxygens (including phenoxy) is 1. The quantitative estimate of drug-likeness (QED) is 0.806. The average Bonchev–Trinajstić information content (AvgIpc) is 2.74. The zero-order valence-electron chi connectivity index (χ0n) is 9.73. The molecule has 1 atom stereocenters. The van der Waals surface area contributed by atoms with Gasteiger partial charge < -0.3 is 15.2 Å². The number of thiophene rings is 1. The molecule has 17 heavy (non-hydrogen) atoms. The van der Waals surface area contributed by atoms with Crippen molar-refractivity contribution in [1.29, 1.82) is 0 Å². The molecule has 0 aliphatic carbocycles. The second-order valence-corrected chi connectivity index (χ2v) is 4.57. The number of nitrogens with one attached hydrogen (secondary N) is 1. The lowest BCUT2D eigenvalue weighted by Crippen LogP contribution is -2.31. The minimum Gasteiger partial charge on any atom is -0.481 e. The van der Waals surface area contributed by atoms with Gasteiger partial charge in [0.25, 0.3) is 5.91 Å². The first kappa shape index (κ1) is 13.7. The monoisotopic (exact) mass is 257 g/mol. The molecule has 1 unspecified atom stereocenters. The van der Waals surface area contributed by atoms with Crippen molar-refractivity contribution in [2.24, 2.45) is 5.92 Å². The topological polar surface area (TPSA) is 75.6 Å². The van der Waals surface area contributed by atoms with Crippen molar-refractivity contribution in [3.63, 3.8) is 0 Å². The summed E-state index contributed by atoms with van der Waals surface area (Å²) in [7, 11) is 1.56. The number of carbonyl (C=O) groups excluding carboxylic acids is 1. The molecule has 2 N–H and O–H groups in total. The molecule has 0 aliphatic heterocycles. The van der Waals surface area contributed by atoms with Crippen LogP contribution >= 0.6 is 11.3 Å². The fourth-order valence-corrected chi connectivity index (χ4v) is 2.04. The minimum absolute atomic E-state index is 0.124. The Balaban J connectivity index is 2.57. The van der Waals surface area contributed by atoms with Gasteiger partial charge in [-0.15, -0.1) is 11.3 Å². The fraction of sp³-hybridized carbons (Fsp3) is 0.455. The summed E-state index contributed by atoms with van der Waals surface area (Å²) < 4.78 is 4.97. The van der Waals surface area contributed by atoms with Crippen molar-refractivity contribution in [2.45, 2.75) is 13.5 Å². The van der Waals surface area contributed by atoms with Crippen LogP contribution in [0, 0.1) is 5.92 Å².